The average Bonchev–Trinajstić information content (AvgIpc) is 3.21. The molecule has 26 heavy (non-hydrogen) atoms. The van der Waals surface area contributed by atoms with Crippen LogP contribution in [0, 0.1) is 5.41 Å². The fourth-order valence-electron chi connectivity index (χ4n) is 2.97. The molecular weight excluding hydrogens is 366 g/mol. The summed E-state index contributed by atoms with van der Waals surface area (Å²) in [6.07, 6.45) is 0. The number of benzene rings is 2. The maximum atomic E-state index is 10.4. The van der Waals surface area contributed by atoms with E-state index in [1.807, 2.05) is 64.9 Å². The van der Waals surface area contributed by atoms with Crippen molar-refractivity contribution in [2.24, 2.45) is 0 Å². The van der Waals surface area contributed by atoms with Crippen LogP contribution >= 0.6 is 22.9 Å². The first kappa shape index (κ1) is 16.8. The molecule has 1 aliphatic heterocycles. The molecule has 4 rings (SSSR count). The van der Waals surface area contributed by atoms with Gasteiger partial charge in [-0.1, -0.05) is 54.1 Å². The first-order valence-corrected chi connectivity index (χ1v) is 9.39. The zero-order chi connectivity index (χ0) is 18.1. The Kier molecular flexibility index (Phi) is 4.49. The number of hydrogen-bond donors (Lipinski definition) is 2. The Morgan fingerprint density at radius 2 is 1.96 bits per heavy atom. The lowest BCUT2D eigenvalue weighted by Crippen LogP contribution is -2.25. The van der Waals surface area contributed by atoms with E-state index in [2.05, 4.69) is 4.98 Å². The Hall–Kier alpha value is -2.63. The third-order valence-corrected chi connectivity index (χ3v) is 5.33. The lowest BCUT2D eigenvalue weighted by Gasteiger charge is -2.18. The van der Waals surface area contributed by atoms with Crippen molar-refractivity contribution in [1.29, 1.82) is 5.41 Å². The molecule has 2 N–H and O–H groups in total. The van der Waals surface area contributed by atoms with E-state index in [0.29, 0.717) is 34.5 Å². The van der Waals surface area contributed by atoms with E-state index in [9.17, 15) is 5.11 Å². The SMILES string of the molecule is N=C1C(c2nc(-c3cccc(Cl)c3)cs2)=C(O)CN1Cc1ccccc1. The minimum absolute atomic E-state index is 0.193. The monoisotopic (exact) mass is 381 g/mol. The molecule has 1 aliphatic rings. The summed E-state index contributed by atoms with van der Waals surface area (Å²) in [6.45, 7) is 0.912. The van der Waals surface area contributed by atoms with Gasteiger partial charge < -0.3 is 10.0 Å². The summed E-state index contributed by atoms with van der Waals surface area (Å²) in [7, 11) is 0. The minimum Gasteiger partial charge on any atom is -0.510 e. The van der Waals surface area contributed by atoms with Crippen molar-refractivity contribution >= 4 is 34.3 Å². The number of halogens is 1. The predicted molar refractivity (Wildman–Crippen MR) is 107 cm³/mol. The molecule has 0 atom stereocenters. The zero-order valence-corrected chi connectivity index (χ0v) is 15.4. The van der Waals surface area contributed by atoms with Crippen LogP contribution in [0.2, 0.25) is 5.02 Å². The number of nitrogens with one attached hydrogen (secondary N) is 1. The second-order valence-electron chi connectivity index (χ2n) is 6.06. The van der Waals surface area contributed by atoms with Gasteiger partial charge in [0.25, 0.3) is 0 Å². The summed E-state index contributed by atoms with van der Waals surface area (Å²) in [5.74, 6) is 0.497. The highest BCUT2D eigenvalue weighted by molar-refractivity contribution is 7.11. The Labute approximate surface area is 160 Å². The van der Waals surface area contributed by atoms with Crippen molar-refractivity contribution < 1.29 is 5.11 Å². The van der Waals surface area contributed by atoms with Gasteiger partial charge in [-0.2, -0.15) is 0 Å². The largest absolute Gasteiger partial charge is 0.510 e. The molecule has 2 heterocycles. The van der Waals surface area contributed by atoms with Gasteiger partial charge in [0.05, 0.1) is 17.8 Å². The maximum absolute atomic E-state index is 10.4. The van der Waals surface area contributed by atoms with Gasteiger partial charge in [0.1, 0.15) is 16.6 Å². The van der Waals surface area contributed by atoms with Gasteiger partial charge in [-0.3, -0.25) is 5.41 Å². The Balaban J connectivity index is 1.58. The normalized spacial score (nSPS) is 14.3. The van der Waals surface area contributed by atoms with Crippen LogP contribution in [-0.4, -0.2) is 27.4 Å². The Morgan fingerprint density at radius 1 is 1.15 bits per heavy atom. The number of aromatic nitrogens is 1. The van der Waals surface area contributed by atoms with Gasteiger partial charge in [0, 0.05) is 22.5 Å². The number of rotatable bonds is 4. The summed E-state index contributed by atoms with van der Waals surface area (Å²) in [5, 5.41) is 22.1. The van der Waals surface area contributed by atoms with Gasteiger partial charge in [-0.05, 0) is 17.7 Å². The number of thiazole rings is 1. The van der Waals surface area contributed by atoms with Crippen molar-refractivity contribution in [1.82, 2.24) is 9.88 Å². The summed E-state index contributed by atoms with van der Waals surface area (Å²) < 4.78 is 0. The van der Waals surface area contributed by atoms with Crippen LogP contribution in [0.3, 0.4) is 0 Å². The summed E-state index contributed by atoms with van der Waals surface area (Å²) in [5.41, 5.74) is 3.33. The molecule has 4 nitrogen and oxygen atoms in total. The molecule has 0 saturated carbocycles. The van der Waals surface area contributed by atoms with Crippen molar-refractivity contribution in [3.05, 3.63) is 81.3 Å². The van der Waals surface area contributed by atoms with Gasteiger partial charge >= 0.3 is 0 Å². The summed E-state index contributed by atoms with van der Waals surface area (Å²) >= 11 is 7.48. The molecular formula is C20H16ClN3OS. The third-order valence-electron chi connectivity index (χ3n) is 4.24. The molecule has 6 heteroatoms. The van der Waals surface area contributed by atoms with Crippen molar-refractivity contribution in [2.45, 2.75) is 6.54 Å². The highest BCUT2D eigenvalue weighted by Gasteiger charge is 2.30. The lowest BCUT2D eigenvalue weighted by molar-refractivity contribution is 0.347. The van der Waals surface area contributed by atoms with Gasteiger partial charge in [0.15, 0.2) is 0 Å². The van der Waals surface area contributed by atoms with Crippen LogP contribution in [-0.2, 0) is 6.54 Å². The maximum Gasteiger partial charge on any atom is 0.135 e. The van der Waals surface area contributed by atoms with E-state index in [-0.39, 0.29) is 5.76 Å². The number of nitrogens with zero attached hydrogens (tertiary/aromatic N) is 2. The fourth-order valence-corrected chi connectivity index (χ4v) is 4.05. The minimum atomic E-state index is 0.193. The Bertz CT molecular complexity index is 997. The standard InChI is InChI=1S/C20H16ClN3OS/c21-15-8-4-7-14(9-15)16-12-26-20(23-16)18-17(25)11-24(19(18)22)10-13-5-2-1-3-6-13/h1-9,12,22,25H,10-11H2. The van der Waals surface area contributed by atoms with E-state index in [0.717, 1.165) is 16.8 Å². The molecule has 0 aliphatic carbocycles. The smallest absolute Gasteiger partial charge is 0.135 e. The molecule has 130 valence electrons. The van der Waals surface area contributed by atoms with Crippen LogP contribution in [0.5, 0.6) is 0 Å². The first-order valence-electron chi connectivity index (χ1n) is 8.13. The van der Waals surface area contributed by atoms with E-state index in [4.69, 9.17) is 17.0 Å². The quantitative estimate of drug-likeness (QED) is 0.650. The topological polar surface area (TPSA) is 60.2 Å². The van der Waals surface area contributed by atoms with E-state index in [1.54, 1.807) is 0 Å². The second-order valence-corrected chi connectivity index (χ2v) is 7.35. The molecule has 0 radical (unpaired) electrons. The number of hydrogen-bond acceptors (Lipinski definition) is 4. The molecule has 0 unspecified atom stereocenters. The second kappa shape index (κ2) is 6.94. The van der Waals surface area contributed by atoms with E-state index in [1.165, 1.54) is 11.3 Å². The first-order chi connectivity index (χ1) is 12.6. The van der Waals surface area contributed by atoms with Gasteiger partial charge in [-0.15, -0.1) is 11.3 Å². The highest BCUT2D eigenvalue weighted by atomic mass is 35.5. The van der Waals surface area contributed by atoms with E-state index < -0.39 is 0 Å². The number of aliphatic hydroxyl groups excluding tert-OH is 1. The molecule has 0 amide bonds. The van der Waals surface area contributed by atoms with Crippen LogP contribution in [0.15, 0.2) is 65.7 Å². The van der Waals surface area contributed by atoms with E-state index >= 15 is 0 Å². The highest BCUT2D eigenvalue weighted by Crippen LogP contribution is 2.33. The molecule has 2 aromatic carbocycles. The van der Waals surface area contributed by atoms with Crippen LogP contribution in [0.4, 0.5) is 0 Å². The van der Waals surface area contributed by atoms with Crippen LogP contribution in [0.25, 0.3) is 16.8 Å². The molecule has 0 bridgehead atoms. The van der Waals surface area contributed by atoms with Gasteiger partial charge in [-0.25, -0.2) is 4.98 Å². The molecule has 3 aromatic rings. The number of aliphatic hydroxyl groups is 1. The fraction of sp³-hybridized carbons (Fsp3) is 0.100. The summed E-state index contributed by atoms with van der Waals surface area (Å²) in [4.78, 5) is 6.47. The lowest BCUT2D eigenvalue weighted by atomic mass is 10.2. The molecule has 0 saturated heterocycles. The van der Waals surface area contributed by atoms with Gasteiger partial charge in [0.2, 0.25) is 0 Å². The molecule has 0 spiro atoms. The van der Waals surface area contributed by atoms with Crippen LogP contribution in [0.1, 0.15) is 10.6 Å². The summed E-state index contributed by atoms with van der Waals surface area (Å²) in [6, 6.07) is 17.5. The number of amidine groups is 1. The van der Waals surface area contributed by atoms with Crippen molar-refractivity contribution in [3.63, 3.8) is 0 Å². The average molecular weight is 382 g/mol. The molecule has 1 aromatic heterocycles. The molecule has 0 fully saturated rings. The Morgan fingerprint density at radius 3 is 2.73 bits per heavy atom. The third kappa shape index (κ3) is 3.23. The zero-order valence-electron chi connectivity index (χ0n) is 13.8. The van der Waals surface area contributed by atoms with Crippen molar-refractivity contribution in [2.75, 3.05) is 6.54 Å². The van der Waals surface area contributed by atoms with Crippen LogP contribution < -0.4 is 0 Å². The predicted octanol–water partition coefficient (Wildman–Crippen LogP) is 5.23. The van der Waals surface area contributed by atoms with Crippen molar-refractivity contribution in [3.8, 4) is 11.3 Å².